The molecule has 1 N–H and O–H groups in total. The van der Waals surface area contributed by atoms with E-state index in [1.807, 2.05) is 18.2 Å². The van der Waals surface area contributed by atoms with Crippen molar-refractivity contribution in [2.75, 3.05) is 12.4 Å². The maximum Gasteiger partial charge on any atom is 0.337 e. The Morgan fingerprint density at radius 3 is 2.30 bits per heavy atom. The van der Waals surface area contributed by atoms with E-state index in [-0.39, 0.29) is 11.7 Å². The van der Waals surface area contributed by atoms with E-state index in [4.69, 9.17) is 0 Å². The van der Waals surface area contributed by atoms with E-state index in [2.05, 4.69) is 10.1 Å². The number of rotatable bonds is 3. The van der Waals surface area contributed by atoms with Gasteiger partial charge in [-0.3, -0.25) is 9.59 Å². The first-order valence-corrected chi connectivity index (χ1v) is 8.36. The van der Waals surface area contributed by atoms with Crippen LogP contribution in [0.4, 0.5) is 5.69 Å². The van der Waals surface area contributed by atoms with Crippen LogP contribution in [0.15, 0.2) is 66.7 Å². The highest BCUT2D eigenvalue weighted by molar-refractivity contribution is 6.22. The molecule has 1 aliphatic rings. The summed E-state index contributed by atoms with van der Waals surface area (Å²) in [7, 11) is 1.30. The molecular weight excluding hydrogens is 342 g/mol. The van der Waals surface area contributed by atoms with E-state index >= 15 is 0 Å². The van der Waals surface area contributed by atoms with Crippen LogP contribution in [0.25, 0.3) is 11.1 Å². The van der Waals surface area contributed by atoms with E-state index in [9.17, 15) is 14.4 Å². The molecule has 0 spiro atoms. The van der Waals surface area contributed by atoms with E-state index in [0.29, 0.717) is 27.9 Å². The molecule has 5 nitrogen and oxygen atoms in total. The standard InChI is InChI=1S/C22H15NO4/c1-27-22(26)14-5-4-6-15(11-14)23-21(25)13-9-10-17-16-7-2-3-8-18(16)20(24)19(17)12-13/h2-12H,1H3,(H,23,25). The average Bonchev–Trinajstić information content (AvgIpc) is 3.00. The van der Waals surface area contributed by atoms with Gasteiger partial charge in [-0.15, -0.1) is 0 Å². The number of amides is 1. The Morgan fingerprint density at radius 2 is 1.52 bits per heavy atom. The van der Waals surface area contributed by atoms with Crippen molar-refractivity contribution in [2.45, 2.75) is 0 Å². The number of benzene rings is 3. The summed E-state index contributed by atoms with van der Waals surface area (Å²) in [5.74, 6) is -0.918. The SMILES string of the molecule is COC(=O)c1cccc(NC(=O)c2ccc3c(c2)C(=O)c2ccccc2-3)c1. The smallest absolute Gasteiger partial charge is 0.337 e. The van der Waals surface area contributed by atoms with E-state index < -0.39 is 5.97 Å². The summed E-state index contributed by atoms with van der Waals surface area (Å²) in [6.07, 6.45) is 0. The lowest BCUT2D eigenvalue weighted by molar-refractivity contribution is 0.0600. The van der Waals surface area contributed by atoms with Crippen LogP contribution in [-0.4, -0.2) is 24.8 Å². The van der Waals surface area contributed by atoms with Gasteiger partial charge in [-0.25, -0.2) is 4.79 Å². The average molecular weight is 357 g/mol. The van der Waals surface area contributed by atoms with Crippen molar-refractivity contribution in [3.63, 3.8) is 0 Å². The molecule has 0 aromatic heterocycles. The molecule has 0 bridgehead atoms. The number of esters is 1. The number of carbonyl (C=O) groups excluding carboxylic acids is 3. The second-order valence-corrected chi connectivity index (χ2v) is 6.16. The van der Waals surface area contributed by atoms with Crippen molar-refractivity contribution in [3.05, 3.63) is 89.0 Å². The largest absolute Gasteiger partial charge is 0.465 e. The summed E-state index contributed by atoms with van der Waals surface area (Å²) < 4.78 is 4.68. The van der Waals surface area contributed by atoms with Gasteiger partial charge in [0, 0.05) is 22.4 Å². The summed E-state index contributed by atoms with van der Waals surface area (Å²) in [6, 6.07) is 19.0. The minimum absolute atomic E-state index is 0.0806. The van der Waals surface area contributed by atoms with Gasteiger partial charge in [-0.05, 0) is 41.5 Å². The highest BCUT2D eigenvalue weighted by atomic mass is 16.5. The van der Waals surface area contributed by atoms with Crippen LogP contribution < -0.4 is 5.32 Å². The Hall–Kier alpha value is -3.73. The second-order valence-electron chi connectivity index (χ2n) is 6.16. The molecule has 1 aliphatic carbocycles. The predicted molar refractivity (Wildman–Crippen MR) is 101 cm³/mol. The lowest BCUT2D eigenvalue weighted by Crippen LogP contribution is -2.13. The second kappa shape index (κ2) is 6.53. The van der Waals surface area contributed by atoms with Gasteiger partial charge in [0.25, 0.3) is 5.91 Å². The number of ketones is 1. The van der Waals surface area contributed by atoms with E-state index in [1.54, 1.807) is 42.5 Å². The summed E-state index contributed by atoms with van der Waals surface area (Å²) in [5.41, 5.74) is 4.07. The first-order chi connectivity index (χ1) is 13.1. The van der Waals surface area contributed by atoms with Crippen molar-refractivity contribution in [3.8, 4) is 11.1 Å². The van der Waals surface area contributed by atoms with Gasteiger partial charge in [-0.2, -0.15) is 0 Å². The van der Waals surface area contributed by atoms with Crippen molar-refractivity contribution in [2.24, 2.45) is 0 Å². The molecule has 4 rings (SSSR count). The van der Waals surface area contributed by atoms with Gasteiger partial charge >= 0.3 is 5.97 Å². The summed E-state index contributed by atoms with van der Waals surface area (Å²) in [6.45, 7) is 0. The molecule has 0 fully saturated rings. The molecule has 3 aromatic rings. The van der Waals surface area contributed by atoms with Crippen LogP contribution in [0.3, 0.4) is 0 Å². The summed E-state index contributed by atoms with van der Waals surface area (Å²) in [5, 5.41) is 2.75. The Bertz CT molecular complexity index is 1100. The summed E-state index contributed by atoms with van der Waals surface area (Å²) in [4.78, 5) is 36.8. The fourth-order valence-corrected chi connectivity index (χ4v) is 3.21. The van der Waals surface area contributed by atoms with Crippen molar-refractivity contribution < 1.29 is 19.1 Å². The molecule has 5 heteroatoms. The quantitative estimate of drug-likeness (QED) is 0.564. The molecule has 0 aliphatic heterocycles. The molecule has 0 radical (unpaired) electrons. The van der Waals surface area contributed by atoms with E-state index in [1.165, 1.54) is 13.2 Å². The fourth-order valence-electron chi connectivity index (χ4n) is 3.21. The van der Waals surface area contributed by atoms with Crippen molar-refractivity contribution >= 4 is 23.3 Å². The number of methoxy groups -OCH3 is 1. The van der Waals surface area contributed by atoms with Gasteiger partial charge in [0.2, 0.25) is 0 Å². The van der Waals surface area contributed by atoms with Crippen LogP contribution >= 0.6 is 0 Å². The fraction of sp³-hybridized carbons (Fsp3) is 0.0455. The zero-order valence-electron chi connectivity index (χ0n) is 14.5. The summed E-state index contributed by atoms with van der Waals surface area (Å²) >= 11 is 0. The van der Waals surface area contributed by atoms with Crippen molar-refractivity contribution in [1.29, 1.82) is 0 Å². The number of nitrogens with one attached hydrogen (secondary N) is 1. The highest BCUT2D eigenvalue weighted by Crippen LogP contribution is 2.36. The number of anilines is 1. The van der Waals surface area contributed by atoms with Gasteiger partial charge in [0.1, 0.15) is 0 Å². The molecule has 0 unspecified atom stereocenters. The topological polar surface area (TPSA) is 72.5 Å². The third kappa shape index (κ3) is 2.89. The number of hydrogen-bond donors (Lipinski definition) is 1. The zero-order valence-corrected chi connectivity index (χ0v) is 14.5. The van der Waals surface area contributed by atoms with Crippen LogP contribution in [-0.2, 0) is 4.74 Å². The monoisotopic (exact) mass is 357 g/mol. The van der Waals surface area contributed by atoms with Crippen LogP contribution in [0, 0.1) is 0 Å². The zero-order chi connectivity index (χ0) is 19.0. The maximum atomic E-state index is 12.6. The molecule has 0 saturated heterocycles. The predicted octanol–water partition coefficient (Wildman–Crippen LogP) is 3.94. The lowest BCUT2D eigenvalue weighted by Gasteiger charge is -2.08. The third-order valence-corrected chi connectivity index (χ3v) is 4.53. The molecule has 27 heavy (non-hydrogen) atoms. The minimum atomic E-state index is -0.480. The van der Waals surface area contributed by atoms with Gasteiger partial charge in [0.15, 0.2) is 5.78 Å². The molecule has 0 atom stereocenters. The molecule has 1 amide bonds. The number of fused-ring (bicyclic) bond motifs is 3. The van der Waals surface area contributed by atoms with Gasteiger partial charge < -0.3 is 10.1 Å². The first-order valence-electron chi connectivity index (χ1n) is 8.36. The Kier molecular flexibility index (Phi) is 4.05. The lowest BCUT2D eigenvalue weighted by atomic mass is 10.0. The number of ether oxygens (including phenoxy) is 1. The Morgan fingerprint density at radius 1 is 0.778 bits per heavy atom. The minimum Gasteiger partial charge on any atom is -0.465 e. The van der Waals surface area contributed by atoms with E-state index in [0.717, 1.165) is 11.1 Å². The molecular formula is C22H15NO4. The Labute approximate surface area is 155 Å². The van der Waals surface area contributed by atoms with Crippen LogP contribution in [0.2, 0.25) is 0 Å². The highest BCUT2D eigenvalue weighted by Gasteiger charge is 2.27. The van der Waals surface area contributed by atoms with Gasteiger partial charge in [0.05, 0.1) is 12.7 Å². The normalized spacial score (nSPS) is 11.5. The maximum absolute atomic E-state index is 12.6. The van der Waals surface area contributed by atoms with Crippen LogP contribution in [0.5, 0.6) is 0 Å². The number of hydrogen-bond acceptors (Lipinski definition) is 4. The Balaban J connectivity index is 1.62. The molecule has 3 aromatic carbocycles. The number of carbonyl (C=O) groups is 3. The van der Waals surface area contributed by atoms with Crippen LogP contribution in [0.1, 0.15) is 36.6 Å². The first kappa shape index (κ1) is 16.7. The molecule has 0 heterocycles. The molecule has 132 valence electrons. The third-order valence-electron chi connectivity index (χ3n) is 4.53. The van der Waals surface area contributed by atoms with Crippen molar-refractivity contribution in [1.82, 2.24) is 0 Å². The van der Waals surface area contributed by atoms with Gasteiger partial charge in [-0.1, -0.05) is 36.4 Å². The molecule has 0 saturated carbocycles.